The molecule has 3 aromatic heterocycles. The quantitative estimate of drug-likeness (QED) is 0.308. The van der Waals surface area contributed by atoms with E-state index in [1.165, 1.54) is 33.5 Å². The average Bonchev–Trinajstić information content (AvgIpc) is 3.37. The molecule has 160 valence electrons. The molecule has 4 aromatic rings. The summed E-state index contributed by atoms with van der Waals surface area (Å²) in [6, 6.07) is 8.11. The second-order valence-electron chi connectivity index (χ2n) is 7.13. The summed E-state index contributed by atoms with van der Waals surface area (Å²) in [5.74, 6) is -0.0241. The van der Waals surface area contributed by atoms with Crippen molar-refractivity contribution in [1.29, 1.82) is 0 Å². The van der Waals surface area contributed by atoms with Gasteiger partial charge in [-0.3, -0.25) is 14.2 Å². The zero-order chi connectivity index (χ0) is 22.0. The number of amides is 1. The van der Waals surface area contributed by atoms with Crippen molar-refractivity contribution < 1.29 is 4.79 Å². The minimum absolute atomic E-state index is 0.0538. The lowest BCUT2D eigenvalue weighted by Crippen LogP contribution is -2.24. The zero-order valence-electron chi connectivity index (χ0n) is 17.5. The van der Waals surface area contributed by atoms with Crippen LogP contribution in [0.1, 0.15) is 28.5 Å². The maximum Gasteiger partial charge on any atom is 0.263 e. The number of hydrogen-bond acceptors (Lipinski definition) is 7. The molecule has 0 spiro atoms. The summed E-state index contributed by atoms with van der Waals surface area (Å²) in [7, 11) is 0. The molecular formula is C22H22N4O2S3. The van der Waals surface area contributed by atoms with Crippen LogP contribution in [0.4, 0.5) is 5.13 Å². The van der Waals surface area contributed by atoms with E-state index >= 15 is 0 Å². The van der Waals surface area contributed by atoms with Crippen molar-refractivity contribution in [2.45, 2.75) is 38.9 Å². The highest BCUT2D eigenvalue weighted by atomic mass is 32.2. The highest BCUT2D eigenvalue weighted by Gasteiger charge is 2.19. The molecule has 1 amide bonds. The number of thiophene rings is 1. The Kier molecular flexibility index (Phi) is 6.54. The number of carbonyl (C=O) groups is 1. The number of aryl methyl sites for hydroxylation is 3. The molecule has 1 aromatic carbocycles. The molecule has 0 saturated carbocycles. The first-order valence-electron chi connectivity index (χ1n) is 9.86. The van der Waals surface area contributed by atoms with Crippen molar-refractivity contribution >= 4 is 55.7 Å². The third-order valence-electron chi connectivity index (χ3n) is 4.91. The van der Waals surface area contributed by atoms with E-state index < -0.39 is 0 Å². The molecule has 0 bridgehead atoms. The lowest BCUT2D eigenvalue weighted by Gasteiger charge is -2.12. The number of thioether (sulfide) groups is 1. The monoisotopic (exact) mass is 470 g/mol. The van der Waals surface area contributed by atoms with Gasteiger partial charge in [-0.25, -0.2) is 9.97 Å². The number of rotatable bonds is 7. The second kappa shape index (κ2) is 9.33. The first-order valence-corrected chi connectivity index (χ1v) is 12.5. The largest absolute Gasteiger partial charge is 0.301 e. The summed E-state index contributed by atoms with van der Waals surface area (Å²) in [5.41, 5.74) is 3.14. The number of thiazole rings is 1. The Labute approximate surface area is 192 Å². The normalized spacial score (nSPS) is 11.2. The van der Waals surface area contributed by atoms with E-state index in [1.54, 1.807) is 22.1 Å². The molecule has 31 heavy (non-hydrogen) atoms. The number of carbonyl (C=O) groups excluding carboxylic acids is 1. The summed E-state index contributed by atoms with van der Waals surface area (Å²) >= 11 is 4.20. The molecule has 0 aliphatic rings. The molecular weight excluding hydrogens is 448 g/mol. The average molecular weight is 471 g/mol. The Bertz CT molecular complexity index is 1280. The fourth-order valence-corrected chi connectivity index (χ4v) is 5.78. The van der Waals surface area contributed by atoms with Gasteiger partial charge in [-0.1, -0.05) is 48.5 Å². The number of aromatic nitrogens is 3. The smallest absolute Gasteiger partial charge is 0.263 e. The van der Waals surface area contributed by atoms with Gasteiger partial charge in [0.2, 0.25) is 5.91 Å². The first kappa shape index (κ1) is 21.7. The number of nitrogens with one attached hydrogen (secondary N) is 1. The molecule has 0 saturated heterocycles. The molecule has 3 heterocycles. The fourth-order valence-electron chi connectivity index (χ4n) is 3.28. The third-order valence-corrected chi connectivity index (χ3v) is 7.90. The van der Waals surface area contributed by atoms with Gasteiger partial charge in [0, 0.05) is 16.5 Å². The van der Waals surface area contributed by atoms with E-state index in [2.05, 4.69) is 17.2 Å². The molecule has 0 atom stereocenters. The van der Waals surface area contributed by atoms with Crippen LogP contribution >= 0.6 is 34.4 Å². The molecule has 9 heteroatoms. The summed E-state index contributed by atoms with van der Waals surface area (Å²) < 4.78 is 1.69. The van der Waals surface area contributed by atoms with E-state index in [0.29, 0.717) is 22.2 Å². The van der Waals surface area contributed by atoms with Gasteiger partial charge in [0.15, 0.2) is 10.3 Å². The fraction of sp³-hybridized carbons (Fsp3) is 0.273. The Hall–Kier alpha value is -2.49. The van der Waals surface area contributed by atoms with Crippen molar-refractivity contribution in [2.75, 3.05) is 11.1 Å². The van der Waals surface area contributed by atoms with Crippen LogP contribution in [-0.2, 0) is 17.8 Å². The van der Waals surface area contributed by atoms with Crippen LogP contribution in [0.15, 0.2) is 45.8 Å². The molecule has 1 N–H and O–H groups in total. The van der Waals surface area contributed by atoms with Crippen LogP contribution in [0.2, 0.25) is 0 Å². The van der Waals surface area contributed by atoms with Crippen LogP contribution in [0.5, 0.6) is 0 Å². The minimum Gasteiger partial charge on any atom is -0.301 e. The Morgan fingerprint density at radius 2 is 2.00 bits per heavy atom. The van der Waals surface area contributed by atoms with Crippen LogP contribution in [0, 0.1) is 13.8 Å². The van der Waals surface area contributed by atoms with E-state index in [1.807, 2.05) is 43.5 Å². The molecule has 4 rings (SSSR count). The third kappa shape index (κ3) is 4.73. The molecule has 0 unspecified atom stereocenters. The predicted octanol–water partition coefficient (Wildman–Crippen LogP) is 4.87. The van der Waals surface area contributed by atoms with Crippen molar-refractivity contribution in [3.63, 3.8) is 0 Å². The van der Waals surface area contributed by atoms with Gasteiger partial charge >= 0.3 is 0 Å². The summed E-state index contributed by atoms with van der Waals surface area (Å²) in [6.45, 7) is 6.52. The van der Waals surface area contributed by atoms with Gasteiger partial charge in [-0.15, -0.1) is 22.7 Å². The summed E-state index contributed by atoms with van der Waals surface area (Å²) in [4.78, 5) is 36.6. The highest BCUT2D eigenvalue weighted by Crippen LogP contribution is 2.30. The SMILES string of the molecule is CCc1sc2nc(SCC(=O)Nc3nccs3)n(Cc3ccc(C)cc3)c(=O)c2c1C. The maximum atomic E-state index is 13.5. The van der Waals surface area contributed by atoms with Crippen LogP contribution in [-0.4, -0.2) is 26.2 Å². The van der Waals surface area contributed by atoms with Gasteiger partial charge in [0.1, 0.15) is 4.83 Å². The van der Waals surface area contributed by atoms with Gasteiger partial charge in [0.25, 0.3) is 5.56 Å². The van der Waals surface area contributed by atoms with Crippen molar-refractivity contribution in [3.05, 3.63) is 67.8 Å². The molecule has 0 aliphatic carbocycles. The minimum atomic E-state index is -0.173. The van der Waals surface area contributed by atoms with Crippen LogP contribution < -0.4 is 10.9 Å². The molecule has 6 nitrogen and oxygen atoms in total. The van der Waals surface area contributed by atoms with E-state index in [9.17, 15) is 9.59 Å². The molecule has 0 fully saturated rings. The van der Waals surface area contributed by atoms with E-state index in [-0.39, 0.29) is 17.2 Å². The summed E-state index contributed by atoms with van der Waals surface area (Å²) in [6.07, 6.45) is 2.51. The number of benzene rings is 1. The molecule has 0 aliphatic heterocycles. The topological polar surface area (TPSA) is 76.9 Å². The van der Waals surface area contributed by atoms with Crippen molar-refractivity contribution in [2.24, 2.45) is 0 Å². The number of fused-ring (bicyclic) bond motifs is 1. The highest BCUT2D eigenvalue weighted by molar-refractivity contribution is 7.99. The number of hydrogen-bond donors (Lipinski definition) is 1. The van der Waals surface area contributed by atoms with Crippen LogP contribution in [0.25, 0.3) is 10.2 Å². The molecule has 0 radical (unpaired) electrons. The first-order chi connectivity index (χ1) is 15.0. The van der Waals surface area contributed by atoms with E-state index in [0.717, 1.165) is 22.4 Å². The number of anilines is 1. The predicted molar refractivity (Wildman–Crippen MR) is 130 cm³/mol. The standard InChI is InChI=1S/C22H22N4O2S3/c1-4-16-14(3)18-19(31-16)25-22(30-12-17(27)24-21-23-9-10-29-21)26(20(18)28)11-15-7-5-13(2)6-8-15/h5-10H,4,11-12H2,1-3H3,(H,23,24,27). The lowest BCUT2D eigenvalue weighted by molar-refractivity contribution is -0.113. The Morgan fingerprint density at radius 1 is 1.23 bits per heavy atom. The van der Waals surface area contributed by atoms with Crippen LogP contribution in [0.3, 0.4) is 0 Å². The lowest BCUT2D eigenvalue weighted by atomic mass is 10.1. The maximum absolute atomic E-state index is 13.5. The van der Waals surface area contributed by atoms with Gasteiger partial charge < -0.3 is 5.32 Å². The number of nitrogens with zero attached hydrogens (tertiary/aromatic N) is 3. The second-order valence-corrected chi connectivity index (χ2v) is 10.1. The summed E-state index contributed by atoms with van der Waals surface area (Å²) in [5, 5.41) is 6.38. The van der Waals surface area contributed by atoms with E-state index in [4.69, 9.17) is 4.98 Å². The Balaban J connectivity index is 1.69. The van der Waals surface area contributed by atoms with Gasteiger partial charge in [0.05, 0.1) is 17.7 Å². The van der Waals surface area contributed by atoms with Crippen molar-refractivity contribution in [1.82, 2.24) is 14.5 Å². The van der Waals surface area contributed by atoms with Gasteiger partial charge in [-0.2, -0.15) is 0 Å². The van der Waals surface area contributed by atoms with Crippen molar-refractivity contribution in [3.8, 4) is 0 Å². The Morgan fingerprint density at radius 3 is 2.68 bits per heavy atom. The zero-order valence-corrected chi connectivity index (χ0v) is 19.9. The van der Waals surface area contributed by atoms with Gasteiger partial charge in [-0.05, 0) is 31.4 Å².